The number of hydrogen-bond donors (Lipinski definition) is 1. The summed E-state index contributed by atoms with van der Waals surface area (Å²) in [6.45, 7) is 2.96. The van der Waals surface area contributed by atoms with Gasteiger partial charge in [0.1, 0.15) is 6.10 Å². The van der Waals surface area contributed by atoms with Crippen molar-refractivity contribution in [3.63, 3.8) is 0 Å². The number of nitrogens with one attached hydrogen (secondary N) is 1. The van der Waals surface area contributed by atoms with Crippen LogP contribution in [0, 0.1) is 10.1 Å². The van der Waals surface area contributed by atoms with Crippen LogP contribution >= 0.6 is 0 Å². The summed E-state index contributed by atoms with van der Waals surface area (Å²) in [5.74, 6) is 0.0422. The number of carbonyl (C=O) groups is 1. The highest BCUT2D eigenvalue weighted by atomic mass is 16.6. The molecule has 1 aliphatic rings. The van der Waals surface area contributed by atoms with Crippen LogP contribution in [-0.2, 0) is 16.1 Å². The number of imidazole rings is 1. The fourth-order valence-corrected chi connectivity index (χ4v) is 4.91. The van der Waals surface area contributed by atoms with Gasteiger partial charge in [0, 0.05) is 43.3 Å². The van der Waals surface area contributed by atoms with E-state index < -0.39 is 23.0 Å². The molecule has 0 amide bonds. The number of anilines is 1. The number of benzene rings is 3. The number of rotatable bonds is 9. The predicted octanol–water partition coefficient (Wildman–Crippen LogP) is 5.50. The number of esters is 1. The predicted molar refractivity (Wildman–Crippen MR) is 148 cm³/mol. The van der Waals surface area contributed by atoms with Gasteiger partial charge in [-0.05, 0) is 30.7 Å². The Kier molecular flexibility index (Phi) is 7.51. The zero-order valence-electron chi connectivity index (χ0n) is 21.7. The molecule has 9 nitrogen and oxygen atoms in total. The number of nitro groups is 1. The number of nitro benzene ring substituents is 1. The van der Waals surface area contributed by atoms with Crippen LogP contribution in [0.15, 0.2) is 109 Å². The van der Waals surface area contributed by atoms with Crippen LogP contribution in [0.25, 0.3) is 0 Å². The van der Waals surface area contributed by atoms with Crippen molar-refractivity contribution >= 4 is 17.6 Å². The third-order valence-corrected chi connectivity index (χ3v) is 6.73. The van der Waals surface area contributed by atoms with Gasteiger partial charge in [0.05, 0.1) is 16.5 Å². The lowest BCUT2D eigenvalue weighted by molar-refractivity contribution is -0.384. The molecule has 5 rings (SSSR count). The molecular formula is C30H29N5O4. The van der Waals surface area contributed by atoms with Crippen molar-refractivity contribution in [3.8, 4) is 0 Å². The van der Waals surface area contributed by atoms with Gasteiger partial charge in [0.2, 0.25) is 5.95 Å². The zero-order valence-corrected chi connectivity index (χ0v) is 21.7. The van der Waals surface area contributed by atoms with E-state index in [4.69, 9.17) is 4.74 Å². The Morgan fingerprint density at radius 3 is 2.54 bits per heavy atom. The monoisotopic (exact) mass is 523 g/mol. The molecule has 3 aromatic carbocycles. The van der Waals surface area contributed by atoms with E-state index in [9.17, 15) is 14.9 Å². The van der Waals surface area contributed by atoms with E-state index in [1.807, 2.05) is 55.6 Å². The fourth-order valence-electron chi connectivity index (χ4n) is 4.91. The van der Waals surface area contributed by atoms with E-state index in [-0.39, 0.29) is 5.69 Å². The highest BCUT2D eigenvalue weighted by Gasteiger charge is 2.35. The summed E-state index contributed by atoms with van der Waals surface area (Å²) in [6, 6.07) is 25.4. The molecule has 39 heavy (non-hydrogen) atoms. The van der Waals surface area contributed by atoms with Crippen LogP contribution in [0.5, 0.6) is 0 Å². The minimum Gasteiger partial charge on any atom is -0.453 e. The number of non-ortho nitro benzene ring substituents is 1. The topological polar surface area (TPSA) is 103 Å². The van der Waals surface area contributed by atoms with Gasteiger partial charge in [-0.15, -0.1) is 0 Å². The molecule has 1 N–H and O–H groups in total. The summed E-state index contributed by atoms with van der Waals surface area (Å²) in [5.41, 5.74) is 3.53. The molecule has 0 aliphatic carbocycles. The average molecular weight is 524 g/mol. The maximum Gasteiger partial charge on any atom is 0.338 e. The molecule has 4 aromatic rings. The summed E-state index contributed by atoms with van der Waals surface area (Å²) in [6.07, 6.45) is 2.83. The molecule has 2 atom stereocenters. The van der Waals surface area contributed by atoms with Crippen LogP contribution < -0.4 is 5.32 Å². The van der Waals surface area contributed by atoms with E-state index in [1.165, 1.54) is 12.1 Å². The Morgan fingerprint density at radius 2 is 1.82 bits per heavy atom. The minimum atomic E-state index is -0.644. The SMILES string of the molecule is CC1=C(C(=O)OC(CN(C)Cc2ccccc2)c2ccccc2)C(c2cccc([N+](=O)[O-])c2)n2ccnc2N1. The summed E-state index contributed by atoms with van der Waals surface area (Å²) in [7, 11) is 1.99. The van der Waals surface area contributed by atoms with Crippen LogP contribution in [0.2, 0.25) is 0 Å². The van der Waals surface area contributed by atoms with Crippen molar-refractivity contribution in [2.24, 2.45) is 0 Å². The van der Waals surface area contributed by atoms with E-state index in [0.717, 1.165) is 11.1 Å². The molecule has 198 valence electrons. The van der Waals surface area contributed by atoms with Crippen molar-refractivity contribution in [2.75, 3.05) is 18.9 Å². The van der Waals surface area contributed by atoms with E-state index >= 15 is 0 Å². The molecule has 2 unspecified atom stereocenters. The molecule has 2 heterocycles. The summed E-state index contributed by atoms with van der Waals surface area (Å²) in [4.78, 5) is 31.5. The normalized spacial score (nSPS) is 15.4. The largest absolute Gasteiger partial charge is 0.453 e. The first-order valence-corrected chi connectivity index (χ1v) is 12.6. The van der Waals surface area contributed by atoms with E-state index in [1.54, 1.807) is 36.0 Å². The first-order chi connectivity index (χ1) is 18.9. The molecule has 0 saturated heterocycles. The van der Waals surface area contributed by atoms with Gasteiger partial charge in [0.25, 0.3) is 5.69 Å². The standard InChI is InChI=1S/C30H29N5O4/c1-21-27(28(34-17-16-31-30(34)32-21)24-14-9-15-25(18-24)35(37)38)29(36)39-26(23-12-7-4-8-13-23)20-33(2)19-22-10-5-3-6-11-22/h3-18,26,28H,19-20H2,1-2H3,(H,31,32). The number of fused-ring (bicyclic) bond motifs is 1. The number of carbonyl (C=O) groups excluding carboxylic acids is 1. The molecule has 9 heteroatoms. The van der Waals surface area contributed by atoms with Gasteiger partial charge in [-0.1, -0.05) is 72.8 Å². The molecule has 0 fully saturated rings. The first-order valence-electron chi connectivity index (χ1n) is 12.6. The van der Waals surface area contributed by atoms with Crippen LogP contribution in [0.4, 0.5) is 11.6 Å². The second-order valence-electron chi connectivity index (χ2n) is 9.56. The second kappa shape index (κ2) is 11.3. The van der Waals surface area contributed by atoms with Gasteiger partial charge < -0.3 is 14.6 Å². The highest BCUT2D eigenvalue weighted by Crippen LogP contribution is 2.38. The third kappa shape index (κ3) is 5.73. The van der Waals surface area contributed by atoms with E-state index in [2.05, 4.69) is 27.3 Å². The second-order valence-corrected chi connectivity index (χ2v) is 9.56. The maximum absolute atomic E-state index is 14.0. The Labute approximate surface area is 226 Å². The van der Waals surface area contributed by atoms with Crippen molar-refractivity contribution in [2.45, 2.75) is 25.6 Å². The zero-order chi connectivity index (χ0) is 27.4. The molecule has 1 aromatic heterocycles. The Morgan fingerprint density at radius 1 is 1.10 bits per heavy atom. The van der Waals surface area contributed by atoms with Crippen LogP contribution in [0.3, 0.4) is 0 Å². The van der Waals surface area contributed by atoms with Crippen molar-refractivity contribution in [1.82, 2.24) is 14.5 Å². The van der Waals surface area contributed by atoms with Crippen molar-refractivity contribution in [1.29, 1.82) is 0 Å². The lowest BCUT2D eigenvalue weighted by atomic mass is 9.95. The molecule has 0 spiro atoms. The number of ether oxygens (including phenoxy) is 1. The maximum atomic E-state index is 14.0. The number of aromatic nitrogens is 2. The molecule has 0 bridgehead atoms. The van der Waals surface area contributed by atoms with Gasteiger partial charge >= 0.3 is 5.97 Å². The lowest BCUT2D eigenvalue weighted by Crippen LogP contribution is -2.32. The van der Waals surface area contributed by atoms with Gasteiger partial charge in [-0.2, -0.15) is 0 Å². The van der Waals surface area contributed by atoms with Gasteiger partial charge in [0.15, 0.2) is 0 Å². The number of nitrogens with zero attached hydrogens (tertiary/aromatic N) is 4. The summed E-state index contributed by atoms with van der Waals surface area (Å²) >= 11 is 0. The number of likely N-dealkylation sites (N-methyl/N-ethyl adjacent to an activating group) is 1. The lowest BCUT2D eigenvalue weighted by Gasteiger charge is -2.31. The third-order valence-electron chi connectivity index (χ3n) is 6.73. The summed E-state index contributed by atoms with van der Waals surface area (Å²) in [5, 5.41) is 14.7. The molecule has 1 aliphatic heterocycles. The van der Waals surface area contributed by atoms with Crippen LogP contribution in [0.1, 0.15) is 35.8 Å². The number of allylic oxidation sites excluding steroid dienone is 1. The fraction of sp³-hybridized carbons (Fsp3) is 0.200. The Bertz CT molecular complexity index is 1500. The minimum absolute atomic E-state index is 0.0530. The Balaban J connectivity index is 1.46. The van der Waals surface area contributed by atoms with Crippen molar-refractivity contribution in [3.05, 3.63) is 135 Å². The average Bonchev–Trinajstić information content (AvgIpc) is 3.41. The first kappa shape index (κ1) is 25.9. The smallest absolute Gasteiger partial charge is 0.338 e. The molecular weight excluding hydrogens is 494 g/mol. The quantitative estimate of drug-likeness (QED) is 0.176. The highest BCUT2D eigenvalue weighted by molar-refractivity contribution is 5.92. The molecule has 0 saturated carbocycles. The Hall–Kier alpha value is -4.76. The molecule has 0 radical (unpaired) electrons. The summed E-state index contributed by atoms with van der Waals surface area (Å²) < 4.78 is 8.02. The van der Waals surface area contributed by atoms with Crippen molar-refractivity contribution < 1.29 is 14.5 Å². The van der Waals surface area contributed by atoms with Gasteiger partial charge in [-0.25, -0.2) is 9.78 Å². The van der Waals surface area contributed by atoms with Gasteiger partial charge in [-0.3, -0.25) is 15.0 Å². The van der Waals surface area contributed by atoms with E-state index in [0.29, 0.717) is 35.9 Å². The van der Waals surface area contributed by atoms with Crippen LogP contribution in [-0.4, -0.2) is 38.9 Å². The number of hydrogen-bond acceptors (Lipinski definition) is 7.